The molecule has 1 atom stereocenters. The molecule has 1 unspecified atom stereocenters. The van der Waals surface area contributed by atoms with Gasteiger partial charge in [0.15, 0.2) is 0 Å². The highest BCUT2D eigenvalue weighted by Crippen LogP contribution is 2.34. The van der Waals surface area contributed by atoms with E-state index in [0.717, 1.165) is 22.6 Å². The second kappa shape index (κ2) is 11.7. The van der Waals surface area contributed by atoms with Gasteiger partial charge in [-0.2, -0.15) is 5.10 Å². The molecule has 7 heteroatoms. The molecular formula is C25H33N3O4. The standard InChI is InChI=1S/C25H33N3O4/c1-5-20(29)17-28(15-16-30-3)18-23-24(19-9-7-6-8-10-19)26-27(2)25(23)32-22-13-11-21(31-4)12-14-22/h6-14,20,29H,5,15-18H2,1-4H3. The number of aromatic nitrogens is 2. The number of hydrogen-bond acceptors (Lipinski definition) is 6. The second-order valence-corrected chi connectivity index (χ2v) is 7.69. The van der Waals surface area contributed by atoms with Gasteiger partial charge in [0.05, 0.1) is 25.4 Å². The van der Waals surface area contributed by atoms with Gasteiger partial charge in [0.25, 0.3) is 0 Å². The molecule has 0 radical (unpaired) electrons. The van der Waals surface area contributed by atoms with Crippen LogP contribution < -0.4 is 9.47 Å². The van der Waals surface area contributed by atoms with Crippen LogP contribution in [0.5, 0.6) is 17.4 Å². The Bertz CT molecular complexity index is 957. The van der Waals surface area contributed by atoms with Crippen LogP contribution in [0, 0.1) is 0 Å². The van der Waals surface area contributed by atoms with Gasteiger partial charge in [0, 0.05) is 39.4 Å². The van der Waals surface area contributed by atoms with Crippen molar-refractivity contribution < 1.29 is 19.3 Å². The van der Waals surface area contributed by atoms with Crippen molar-refractivity contribution in [2.45, 2.75) is 26.0 Å². The van der Waals surface area contributed by atoms with Crippen molar-refractivity contribution in [2.24, 2.45) is 7.05 Å². The van der Waals surface area contributed by atoms with Crippen molar-refractivity contribution in [3.8, 4) is 28.6 Å². The summed E-state index contributed by atoms with van der Waals surface area (Å²) in [5.74, 6) is 2.14. The summed E-state index contributed by atoms with van der Waals surface area (Å²) >= 11 is 0. The van der Waals surface area contributed by atoms with E-state index in [4.69, 9.17) is 19.3 Å². The van der Waals surface area contributed by atoms with E-state index in [-0.39, 0.29) is 0 Å². The smallest absolute Gasteiger partial charge is 0.222 e. The van der Waals surface area contributed by atoms with Crippen LogP contribution in [0.4, 0.5) is 0 Å². The molecule has 0 fully saturated rings. The number of hydrogen-bond donors (Lipinski definition) is 1. The Morgan fingerprint density at radius 2 is 1.72 bits per heavy atom. The molecule has 1 N–H and O–H groups in total. The highest BCUT2D eigenvalue weighted by Gasteiger charge is 2.23. The van der Waals surface area contributed by atoms with Crippen LogP contribution in [0.25, 0.3) is 11.3 Å². The molecule has 3 rings (SSSR count). The van der Waals surface area contributed by atoms with Crippen LogP contribution in [0.1, 0.15) is 18.9 Å². The van der Waals surface area contributed by atoms with Gasteiger partial charge < -0.3 is 19.3 Å². The van der Waals surface area contributed by atoms with E-state index in [1.54, 1.807) is 18.9 Å². The van der Waals surface area contributed by atoms with E-state index >= 15 is 0 Å². The van der Waals surface area contributed by atoms with Crippen LogP contribution in [0.15, 0.2) is 54.6 Å². The van der Waals surface area contributed by atoms with E-state index in [0.29, 0.717) is 44.3 Å². The first-order valence-corrected chi connectivity index (χ1v) is 10.9. The van der Waals surface area contributed by atoms with Crippen molar-refractivity contribution >= 4 is 0 Å². The number of aryl methyl sites for hydroxylation is 1. The summed E-state index contributed by atoms with van der Waals surface area (Å²) < 4.78 is 18.6. The average Bonchev–Trinajstić information content (AvgIpc) is 3.13. The zero-order valence-electron chi connectivity index (χ0n) is 19.3. The lowest BCUT2D eigenvalue weighted by atomic mass is 10.1. The topological polar surface area (TPSA) is 69.0 Å². The van der Waals surface area contributed by atoms with Gasteiger partial charge in [-0.3, -0.25) is 4.90 Å². The van der Waals surface area contributed by atoms with Crippen LogP contribution in [-0.2, 0) is 18.3 Å². The van der Waals surface area contributed by atoms with Gasteiger partial charge in [-0.25, -0.2) is 4.68 Å². The minimum atomic E-state index is -0.408. The Labute approximate surface area is 190 Å². The van der Waals surface area contributed by atoms with Gasteiger partial charge in [-0.1, -0.05) is 37.3 Å². The first kappa shape index (κ1) is 23.8. The highest BCUT2D eigenvalue weighted by molar-refractivity contribution is 5.65. The van der Waals surface area contributed by atoms with Crippen LogP contribution in [-0.4, -0.2) is 59.8 Å². The Morgan fingerprint density at radius 1 is 1.03 bits per heavy atom. The summed E-state index contributed by atoms with van der Waals surface area (Å²) in [5.41, 5.74) is 2.85. The zero-order valence-corrected chi connectivity index (χ0v) is 19.3. The molecule has 2 aromatic carbocycles. The zero-order chi connectivity index (χ0) is 22.9. The fraction of sp³-hybridized carbons (Fsp3) is 0.400. The predicted octanol–water partition coefficient (Wildman–Crippen LogP) is 4.11. The van der Waals surface area contributed by atoms with Crippen LogP contribution in [0.3, 0.4) is 0 Å². The molecule has 32 heavy (non-hydrogen) atoms. The number of ether oxygens (including phenoxy) is 3. The molecule has 3 aromatic rings. The Morgan fingerprint density at radius 3 is 2.34 bits per heavy atom. The summed E-state index contributed by atoms with van der Waals surface area (Å²) in [6.45, 7) is 4.37. The normalized spacial score (nSPS) is 12.2. The fourth-order valence-corrected chi connectivity index (χ4v) is 3.51. The van der Waals surface area contributed by atoms with Gasteiger partial charge >= 0.3 is 0 Å². The summed E-state index contributed by atoms with van der Waals surface area (Å²) in [6, 6.07) is 17.6. The predicted molar refractivity (Wildman–Crippen MR) is 125 cm³/mol. The largest absolute Gasteiger partial charge is 0.497 e. The third-order valence-corrected chi connectivity index (χ3v) is 5.34. The number of rotatable bonds is 12. The molecule has 0 aliphatic carbocycles. The molecule has 0 amide bonds. The molecule has 0 aliphatic heterocycles. The molecule has 0 aliphatic rings. The van der Waals surface area contributed by atoms with E-state index in [1.807, 2.05) is 68.6 Å². The first-order chi connectivity index (χ1) is 15.5. The minimum Gasteiger partial charge on any atom is -0.497 e. The van der Waals surface area contributed by atoms with E-state index < -0.39 is 6.10 Å². The molecule has 7 nitrogen and oxygen atoms in total. The van der Waals surface area contributed by atoms with Crippen molar-refractivity contribution in [1.29, 1.82) is 0 Å². The highest BCUT2D eigenvalue weighted by atomic mass is 16.5. The summed E-state index contributed by atoms with van der Waals surface area (Å²) in [7, 11) is 5.21. The number of nitrogens with zero attached hydrogens (tertiary/aromatic N) is 3. The van der Waals surface area contributed by atoms with Gasteiger partial charge in [0.2, 0.25) is 5.88 Å². The maximum absolute atomic E-state index is 10.3. The van der Waals surface area contributed by atoms with Crippen LogP contribution >= 0.6 is 0 Å². The first-order valence-electron chi connectivity index (χ1n) is 10.9. The fourth-order valence-electron chi connectivity index (χ4n) is 3.51. The summed E-state index contributed by atoms with van der Waals surface area (Å²) in [4.78, 5) is 2.18. The third kappa shape index (κ3) is 6.09. The quantitative estimate of drug-likeness (QED) is 0.458. The Balaban J connectivity index is 1.98. The van der Waals surface area contributed by atoms with Gasteiger partial charge in [0.1, 0.15) is 17.2 Å². The number of aliphatic hydroxyl groups is 1. The SMILES string of the molecule is CCC(O)CN(CCOC)Cc1c(-c2ccccc2)nn(C)c1Oc1ccc(OC)cc1. The Kier molecular flexibility index (Phi) is 8.67. The van der Waals surface area contributed by atoms with E-state index in [1.165, 1.54) is 0 Å². The second-order valence-electron chi connectivity index (χ2n) is 7.69. The summed E-state index contributed by atoms with van der Waals surface area (Å²) in [5, 5.41) is 15.1. The maximum atomic E-state index is 10.3. The molecule has 0 saturated heterocycles. The average molecular weight is 440 g/mol. The van der Waals surface area contributed by atoms with Crippen LogP contribution in [0.2, 0.25) is 0 Å². The maximum Gasteiger partial charge on any atom is 0.222 e. The van der Waals surface area contributed by atoms with E-state index in [2.05, 4.69) is 4.90 Å². The third-order valence-electron chi connectivity index (χ3n) is 5.34. The minimum absolute atomic E-state index is 0.408. The molecule has 1 heterocycles. The molecule has 0 bridgehead atoms. The lowest BCUT2D eigenvalue weighted by Crippen LogP contribution is -2.34. The molecule has 172 valence electrons. The number of benzene rings is 2. The monoisotopic (exact) mass is 439 g/mol. The van der Waals surface area contributed by atoms with Crippen molar-refractivity contribution in [3.63, 3.8) is 0 Å². The summed E-state index contributed by atoms with van der Waals surface area (Å²) in [6.07, 6.45) is 0.284. The molecule has 0 spiro atoms. The molecule has 0 saturated carbocycles. The van der Waals surface area contributed by atoms with Crippen molar-refractivity contribution in [2.75, 3.05) is 33.9 Å². The molecular weight excluding hydrogens is 406 g/mol. The lowest BCUT2D eigenvalue weighted by molar-refractivity contribution is 0.0827. The Hall–Kier alpha value is -2.87. The number of methoxy groups -OCH3 is 2. The van der Waals surface area contributed by atoms with E-state index in [9.17, 15) is 5.11 Å². The van der Waals surface area contributed by atoms with Crippen molar-refractivity contribution in [1.82, 2.24) is 14.7 Å². The molecule has 1 aromatic heterocycles. The van der Waals surface area contributed by atoms with Gasteiger partial charge in [-0.05, 0) is 30.7 Å². The van der Waals surface area contributed by atoms with Crippen molar-refractivity contribution in [3.05, 3.63) is 60.2 Å². The number of aliphatic hydroxyl groups excluding tert-OH is 1. The van der Waals surface area contributed by atoms with Gasteiger partial charge in [-0.15, -0.1) is 0 Å². The lowest BCUT2D eigenvalue weighted by Gasteiger charge is -2.25.